The maximum absolute atomic E-state index is 11.7. The molecule has 3 nitrogen and oxygen atoms in total. The molecule has 2 rings (SSSR count). The van der Waals surface area contributed by atoms with Crippen LogP contribution in [-0.4, -0.2) is 18.6 Å². The van der Waals surface area contributed by atoms with E-state index in [0.717, 1.165) is 19.3 Å². The van der Waals surface area contributed by atoms with Gasteiger partial charge in [0, 0.05) is 6.04 Å². The van der Waals surface area contributed by atoms with E-state index in [1.165, 1.54) is 18.2 Å². The average molecular weight is 247 g/mol. The molecule has 3 heteroatoms. The zero-order valence-corrected chi connectivity index (χ0v) is 11.3. The predicted molar refractivity (Wildman–Crippen MR) is 71.4 cm³/mol. The molecule has 0 aromatic heterocycles. The molecule has 0 fully saturated rings. The van der Waals surface area contributed by atoms with Crippen molar-refractivity contribution in [2.75, 3.05) is 7.11 Å². The maximum atomic E-state index is 11.7. The Morgan fingerprint density at radius 3 is 2.83 bits per heavy atom. The van der Waals surface area contributed by atoms with Crippen LogP contribution >= 0.6 is 0 Å². The van der Waals surface area contributed by atoms with Crippen molar-refractivity contribution in [2.24, 2.45) is 0 Å². The van der Waals surface area contributed by atoms with Gasteiger partial charge in [0.15, 0.2) is 0 Å². The quantitative estimate of drug-likeness (QED) is 0.834. The molecule has 1 aliphatic rings. The molecule has 0 spiro atoms. The monoisotopic (exact) mass is 247 g/mol. The Hall–Kier alpha value is -1.35. The summed E-state index contributed by atoms with van der Waals surface area (Å²) in [4.78, 5) is 11.7. The van der Waals surface area contributed by atoms with E-state index in [9.17, 15) is 4.79 Å². The molecule has 0 aliphatic heterocycles. The number of nitrogens with one attached hydrogen (secondary N) is 1. The minimum absolute atomic E-state index is 0.217. The summed E-state index contributed by atoms with van der Waals surface area (Å²) in [5, 5.41) is 3.43. The van der Waals surface area contributed by atoms with Gasteiger partial charge in [0.05, 0.1) is 7.11 Å². The van der Waals surface area contributed by atoms with Crippen molar-refractivity contribution >= 4 is 5.97 Å². The molecule has 0 saturated carbocycles. The van der Waals surface area contributed by atoms with Crippen molar-refractivity contribution < 1.29 is 9.53 Å². The molecular formula is C15H21NO2. The first-order chi connectivity index (χ1) is 8.54. The first-order valence-corrected chi connectivity index (χ1v) is 6.48. The highest BCUT2D eigenvalue weighted by Crippen LogP contribution is 2.31. The van der Waals surface area contributed by atoms with Gasteiger partial charge in [-0.1, -0.05) is 24.3 Å². The van der Waals surface area contributed by atoms with Crippen LogP contribution in [0.5, 0.6) is 0 Å². The van der Waals surface area contributed by atoms with E-state index in [4.69, 9.17) is 4.74 Å². The van der Waals surface area contributed by atoms with Crippen molar-refractivity contribution in [3.63, 3.8) is 0 Å². The van der Waals surface area contributed by atoms with Crippen LogP contribution in [0.15, 0.2) is 24.3 Å². The minimum atomic E-state index is -0.649. The fourth-order valence-electron chi connectivity index (χ4n) is 2.65. The number of hydrogen-bond donors (Lipinski definition) is 1. The number of carbonyl (C=O) groups is 1. The first kappa shape index (κ1) is 13.1. The molecule has 1 N–H and O–H groups in total. The summed E-state index contributed by atoms with van der Waals surface area (Å²) in [5.74, 6) is -0.217. The Morgan fingerprint density at radius 2 is 2.11 bits per heavy atom. The van der Waals surface area contributed by atoms with Crippen LogP contribution in [-0.2, 0) is 16.0 Å². The first-order valence-electron chi connectivity index (χ1n) is 6.48. The second-order valence-corrected chi connectivity index (χ2v) is 5.40. The Balaban J connectivity index is 2.19. The number of fused-ring (bicyclic) bond motifs is 1. The normalized spacial score (nSPS) is 19.2. The fraction of sp³-hybridized carbons (Fsp3) is 0.533. The molecule has 98 valence electrons. The van der Waals surface area contributed by atoms with Crippen LogP contribution in [0, 0.1) is 0 Å². The third-order valence-corrected chi connectivity index (χ3v) is 3.60. The van der Waals surface area contributed by atoms with E-state index in [1.54, 1.807) is 0 Å². The lowest BCUT2D eigenvalue weighted by molar-refractivity contribution is -0.147. The Morgan fingerprint density at radius 1 is 1.39 bits per heavy atom. The van der Waals surface area contributed by atoms with Crippen molar-refractivity contribution in [1.29, 1.82) is 0 Å². The summed E-state index contributed by atoms with van der Waals surface area (Å²) in [7, 11) is 1.43. The number of aryl methyl sites for hydroxylation is 1. The zero-order chi connectivity index (χ0) is 13.2. The van der Waals surface area contributed by atoms with Gasteiger partial charge in [-0.05, 0) is 44.2 Å². The third-order valence-electron chi connectivity index (χ3n) is 3.60. The molecule has 0 heterocycles. The van der Waals surface area contributed by atoms with Crippen molar-refractivity contribution in [3.8, 4) is 0 Å². The lowest BCUT2D eigenvalue weighted by Crippen LogP contribution is -2.49. The molecule has 0 amide bonds. The van der Waals surface area contributed by atoms with E-state index < -0.39 is 5.54 Å². The number of ether oxygens (including phenoxy) is 1. The van der Waals surface area contributed by atoms with Crippen LogP contribution in [0.4, 0.5) is 0 Å². The largest absolute Gasteiger partial charge is 0.468 e. The summed E-state index contributed by atoms with van der Waals surface area (Å²) in [6.07, 6.45) is 3.36. The highest BCUT2D eigenvalue weighted by Gasteiger charge is 2.33. The zero-order valence-electron chi connectivity index (χ0n) is 11.3. The van der Waals surface area contributed by atoms with Crippen LogP contribution in [0.2, 0.25) is 0 Å². The number of methoxy groups -OCH3 is 1. The smallest absolute Gasteiger partial charge is 0.325 e. The van der Waals surface area contributed by atoms with Gasteiger partial charge in [-0.25, -0.2) is 0 Å². The van der Waals surface area contributed by atoms with Crippen LogP contribution in [0.1, 0.15) is 43.9 Å². The fourth-order valence-corrected chi connectivity index (χ4v) is 2.65. The van der Waals surface area contributed by atoms with E-state index in [1.807, 2.05) is 13.8 Å². The lowest BCUT2D eigenvalue weighted by atomic mass is 9.86. The van der Waals surface area contributed by atoms with Crippen molar-refractivity contribution in [2.45, 2.75) is 44.7 Å². The van der Waals surface area contributed by atoms with Crippen LogP contribution in [0.25, 0.3) is 0 Å². The van der Waals surface area contributed by atoms with Gasteiger partial charge in [-0.3, -0.25) is 10.1 Å². The second-order valence-electron chi connectivity index (χ2n) is 5.40. The van der Waals surface area contributed by atoms with Gasteiger partial charge >= 0.3 is 5.97 Å². The number of rotatable bonds is 3. The van der Waals surface area contributed by atoms with E-state index in [-0.39, 0.29) is 12.0 Å². The average Bonchev–Trinajstić information content (AvgIpc) is 2.38. The number of esters is 1. The second kappa shape index (κ2) is 5.11. The summed E-state index contributed by atoms with van der Waals surface area (Å²) in [6, 6.07) is 8.70. The summed E-state index contributed by atoms with van der Waals surface area (Å²) < 4.78 is 4.84. The van der Waals surface area contributed by atoms with Crippen LogP contribution < -0.4 is 5.32 Å². The topological polar surface area (TPSA) is 38.3 Å². The minimum Gasteiger partial charge on any atom is -0.468 e. The molecule has 1 aromatic rings. The molecular weight excluding hydrogens is 226 g/mol. The highest BCUT2D eigenvalue weighted by molar-refractivity contribution is 5.79. The Bertz CT molecular complexity index is 440. The van der Waals surface area contributed by atoms with E-state index >= 15 is 0 Å². The number of benzene rings is 1. The third kappa shape index (κ3) is 2.56. The molecule has 1 aromatic carbocycles. The number of hydrogen-bond acceptors (Lipinski definition) is 3. The standard InChI is InChI=1S/C15H21NO2/c1-15(2,14(17)18-3)16-13-10-6-8-11-7-4-5-9-12(11)13/h4-5,7,9,13,16H,6,8,10H2,1-3H3. The van der Waals surface area contributed by atoms with Gasteiger partial charge < -0.3 is 4.74 Å². The van der Waals surface area contributed by atoms with Crippen molar-refractivity contribution in [3.05, 3.63) is 35.4 Å². The molecule has 1 aliphatic carbocycles. The summed E-state index contributed by atoms with van der Waals surface area (Å²) in [6.45, 7) is 3.74. The van der Waals surface area contributed by atoms with Crippen molar-refractivity contribution in [1.82, 2.24) is 5.32 Å². The summed E-state index contributed by atoms with van der Waals surface area (Å²) in [5.41, 5.74) is 2.06. The predicted octanol–water partition coefficient (Wildman–Crippen LogP) is 2.61. The summed E-state index contributed by atoms with van der Waals surface area (Å²) >= 11 is 0. The van der Waals surface area contributed by atoms with Gasteiger partial charge in [0.25, 0.3) is 0 Å². The Kier molecular flexibility index (Phi) is 3.71. The lowest BCUT2D eigenvalue weighted by Gasteiger charge is -2.33. The molecule has 1 atom stereocenters. The van der Waals surface area contributed by atoms with Gasteiger partial charge in [-0.15, -0.1) is 0 Å². The molecule has 0 saturated heterocycles. The van der Waals surface area contributed by atoms with Crippen LogP contribution in [0.3, 0.4) is 0 Å². The van der Waals surface area contributed by atoms with E-state index in [2.05, 4.69) is 29.6 Å². The van der Waals surface area contributed by atoms with E-state index in [0.29, 0.717) is 0 Å². The van der Waals surface area contributed by atoms with Gasteiger partial charge in [0.2, 0.25) is 0 Å². The SMILES string of the molecule is COC(=O)C(C)(C)NC1CCCc2ccccc21. The van der Waals surface area contributed by atoms with Gasteiger partial charge in [-0.2, -0.15) is 0 Å². The Labute approximate surface area is 109 Å². The molecule has 18 heavy (non-hydrogen) atoms. The van der Waals surface area contributed by atoms with Gasteiger partial charge in [0.1, 0.15) is 5.54 Å². The molecule has 0 bridgehead atoms. The molecule has 1 unspecified atom stereocenters. The molecule has 0 radical (unpaired) electrons. The maximum Gasteiger partial charge on any atom is 0.325 e. The number of carbonyl (C=O) groups excluding carboxylic acids is 1. The highest BCUT2D eigenvalue weighted by atomic mass is 16.5.